The second kappa shape index (κ2) is 7.13. The summed E-state index contributed by atoms with van der Waals surface area (Å²) in [4.78, 5) is 28.4. The van der Waals surface area contributed by atoms with Crippen molar-refractivity contribution in [1.82, 2.24) is 24.7 Å². The number of amides is 2. The predicted molar refractivity (Wildman–Crippen MR) is 99.0 cm³/mol. The smallest absolute Gasteiger partial charge is 0.227 e. The molecule has 2 aliphatic rings. The van der Waals surface area contributed by atoms with E-state index in [0.29, 0.717) is 32.5 Å². The first-order chi connectivity index (χ1) is 13.0. The highest BCUT2D eigenvalue weighted by atomic mass is 16.2. The third-order valence-electron chi connectivity index (χ3n) is 5.71. The van der Waals surface area contributed by atoms with Crippen molar-refractivity contribution in [3.8, 4) is 0 Å². The standard InChI is InChI=1S/C18H25N7O2/c1-12-20-21-15-4-5-16(22-25(12)15)24-8-2-3-14(11-24)18(27)23-9-6-13(7-10-23)17(19)26/h4-5,13-14H,2-3,6-11H2,1H3,(H2,19,26). The summed E-state index contributed by atoms with van der Waals surface area (Å²) < 4.78 is 1.73. The highest BCUT2D eigenvalue weighted by Crippen LogP contribution is 2.25. The van der Waals surface area contributed by atoms with E-state index in [9.17, 15) is 9.59 Å². The average Bonchev–Trinajstić information content (AvgIpc) is 3.08. The lowest BCUT2D eigenvalue weighted by Gasteiger charge is -2.37. The van der Waals surface area contributed by atoms with Crippen LogP contribution in [0.5, 0.6) is 0 Å². The molecule has 0 spiro atoms. The fourth-order valence-electron chi connectivity index (χ4n) is 4.08. The highest BCUT2D eigenvalue weighted by molar-refractivity contribution is 5.81. The van der Waals surface area contributed by atoms with Crippen LogP contribution in [0.15, 0.2) is 12.1 Å². The van der Waals surface area contributed by atoms with Crippen molar-refractivity contribution in [2.24, 2.45) is 17.6 Å². The Kier molecular flexibility index (Phi) is 4.67. The molecule has 9 heteroatoms. The van der Waals surface area contributed by atoms with E-state index in [1.165, 1.54) is 0 Å². The normalized spacial score (nSPS) is 21.6. The third kappa shape index (κ3) is 3.45. The molecule has 2 aromatic rings. The number of rotatable bonds is 3. The molecule has 2 fully saturated rings. The minimum atomic E-state index is -0.253. The molecule has 4 rings (SSSR count). The molecule has 2 saturated heterocycles. The van der Waals surface area contributed by atoms with Crippen LogP contribution >= 0.6 is 0 Å². The van der Waals surface area contributed by atoms with E-state index in [4.69, 9.17) is 5.73 Å². The Morgan fingerprint density at radius 3 is 2.59 bits per heavy atom. The maximum Gasteiger partial charge on any atom is 0.227 e. The van der Waals surface area contributed by atoms with Gasteiger partial charge in [-0.25, -0.2) is 0 Å². The number of likely N-dealkylation sites (tertiary alicyclic amines) is 1. The van der Waals surface area contributed by atoms with E-state index >= 15 is 0 Å². The maximum absolute atomic E-state index is 13.0. The number of nitrogens with zero attached hydrogens (tertiary/aromatic N) is 6. The molecule has 4 heterocycles. The SMILES string of the molecule is Cc1nnc2ccc(N3CCCC(C(=O)N4CCC(C(N)=O)CC4)C3)nn12. The third-order valence-corrected chi connectivity index (χ3v) is 5.71. The number of nitrogens with two attached hydrogens (primary N) is 1. The largest absolute Gasteiger partial charge is 0.369 e. The molecule has 144 valence electrons. The van der Waals surface area contributed by atoms with Gasteiger partial charge in [0.25, 0.3) is 0 Å². The number of piperidine rings is 2. The number of aromatic nitrogens is 4. The van der Waals surface area contributed by atoms with Gasteiger partial charge in [-0.3, -0.25) is 9.59 Å². The number of carbonyl (C=O) groups excluding carboxylic acids is 2. The first kappa shape index (κ1) is 17.7. The monoisotopic (exact) mass is 371 g/mol. The van der Waals surface area contributed by atoms with Crippen molar-refractivity contribution in [2.45, 2.75) is 32.6 Å². The Bertz CT molecular complexity index is 857. The van der Waals surface area contributed by atoms with Crippen LogP contribution in [-0.2, 0) is 9.59 Å². The lowest BCUT2D eigenvalue weighted by molar-refractivity contribution is -0.138. The number of fused-ring (bicyclic) bond motifs is 1. The molecule has 0 saturated carbocycles. The predicted octanol–water partition coefficient (Wildman–Crippen LogP) is 0.373. The molecule has 0 aromatic carbocycles. The first-order valence-electron chi connectivity index (χ1n) is 9.55. The molecule has 9 nitrogen and oxygen atoms in total. The van der Waals surface area contributed by atoms with Crippen LogP contribution in [0, 0.1) is 18.8 Å². The van der Waals surface area contributed by atoms with Crippen molar-refractivity contribution in [1.29, 1.82) is 0 Å². The van der Waals surface area contributed by atoms with Crippen molar-refractivity contribution in [2.75, 3.05) is 31.1 Å². The quantitative estimate of drug-likeness (QED) is 0.835. The molecule has 2 aliphatic heterocycles. The molecular weight excluding hydrogens is 346 g/mol. The summed E-state index contributed by atoms with van der Waals surface area (Å²) in [6.45, 7) is 4.65. The van der Waals surface area contributed by atoms with Gasteiger partial charge in [-0.2, -0.15) is 4.52 Å². The minimum absolute atomic E-state index is 0.0385. The molecule has 2 amide bonds. The molecular formula is C18H25N7O2. The van der Waals surface area contributed by atoms with E-state index in [2.05, 4.69) is 20.2 Å². The van der Waals surface area contributed by atoms with Crippen LogP contribution in [0.4, 0.5) is 5.82 Å². The van der Waals surface area contributed by atoms with Gasteiger partial charge in [0.15, 0.2) is 11.5 Å². The summed E-state index contributed by atoms with van der Waals surface area (Å²) in [6.07, 6.45) is 3.18. The zero-order valence-corrected chi connectivity index (χ0v) is 15.5. The van der Waals surface area contributed by atoms with E-state index in [-0.39, 0.29) is 23.7 Å². The van der Waals surface area contributed by atoms with Crippen molar-refractivity contribution >= 4 is 23.3 Å². The number of carbonyl (C=O) groups is 2. The van der Waals surface area contributed by atoms with Crippen LogP contribution < -0.4 is 10.6 Å². The zero-order chi connectivity index (χ0) is 19.0. The number of primary amides is 1. The number of anilines is 1. The molecule has 27 heavy (non-hydrogen) atoms. The van der Waals surface area contributed by atoms with Crippen molar-refractivity contribution in [3.63, 3.8) is 0 Å². The molecule has 0 aliphatic carbocycles. The number of hydrogen-bond donors (Lipinski definition) is 1. The van der Waals surface area contributed by atoms with Crippen molar-refractivity contribution in [3.05, 3.63) is 18.0 Å². The van der Waals surface area contributed by atoms with E-state index in [1.54, 1.807) is 4.52 Å². The molecule has 2 aromatic heterocycles. The molecule has 1 atom stereocenters. The maximum atomic E-state index is 13.0. The van der Waals surface area contributed by atoms with Gasteiger partial charge in [-0.1, -0.05) is 0 Å². The second-order valence-electron chi connectivity index (χ2n) is 7.50. The lowest BCUT2D eigenvalue weighted by Crippen LogP contribution is -2.48. The van der Waals surface area contributed by atoms with Gasteiger partial charge in [0.05, 0.1) is 5.92 Å². The van der Waals surface area contributed by atoms with Gasteiger partial charge < -0.3 is 15.5 Å². The van der Waals surface area contributed by atoms with Gasteiger partial charge in [-0.15, -0.1) is 15.3 Å². The van der Waals surface area contributed by atoms with E-state index in [0.717, 1.165) is 36.7 Å². The molecule has 0 bridgehead atoms. The Labute approximate surface area is 157 Å². The summed E-state index contributed by atoms with van der Waals surface area (Å²) in [5.74, 6) is 1.38. The van der Waals surface area contributed by atoms with Crippen LogP contribution in [0.1, 0.15) is 31.5 Å². The Morgan fingerprint density at radius 2 is 1.85 bits per heavy atom. The van der Waals surface area contributed by atoms with Gasteiger partial charge >= 0.3 is 0 Å². The fraction of sp³-hybridized carbons (Fsp3) is 0.611. The van der Waals surface area contributed by atoms with E-state index < -0.39 is 0 Å². The first-order valence-corrected chi connectivity index (χ1v) is 9.55. The van der Waals surface area contributed by atoms with Crippen molar-refractivity contribution < 1.29 is 9.59 Å². The van der Waals surface area contributed by atoms with Gasteiger partial charge in [0.2, 0.25) is 11.8 Å². The van der Waals surface area contributed by atoms with Crippen LogP contribution in [0.25, 0.3) is 5.65 Å². The Balaban J connectivity index is 1.43. The Hall–Kier alpha value is -2.71. The fourth-order valence-corrected chi connectivity index (χ4v) is 4.08. The summed E-state index contributed by atoms with van der Waals surface area (Å²) in [5.41, 5.74) is 6.11. The van der Waals surface area contributed by atoms with Gasteiger partial charge in [0, 0.05) is 32.1 Å². The molecule has 0 radical (unpaired) electrons. The molecule has 1 unspecified atom stereocenters. The number of hydrogen-bond acceptors (Lipinski definition) is 6. The number of aryl methyl sites for hydroxylation is 1. The van der Waals surface area contributed by atoms with Crippen LogP contribution in [-0.4, -0.2) is 62.7 Å². The average molecular weight is 371 g/mol. The minimum Gasteiger partial charge on any atom is -0.369 e. The van der Waals surface area contributed by atoms with Gasteiger partial charge in [0.1, 0.15) is 5.82 Å². The van der Waals surface area contributed by atoms with Crippen LogP contribution in [0.2, 0.25) is 0 Å². The Morgan fingerprint density at radius 1 is 1.07 bits per heavy atom. The van der Waals surface area contributed by atoms with Gasteiger partial charge in [-0.05, 0) is 44.7 Å². The summed E-state index contributed by atoms with van der Waals surface area (Å²) in [7, 11) is 0. The summed E-state index contributed by atoms with van der Waals surface area (Å²) in [6, 6.07) is 3.84. The van der Waals surface area contributed by atoms with Crippen LogP contribution in [0.3, 0.4) is 0 Å². The topological polar surface area (TPSA) is 110 Å². The highest BCUT2D eigenvalue weighted by Gasteiger charge is 2.33. The lowest BCUT2D eigenvalue weighted by atomic mass is 9.92. The molecule has 2 N–H and O–H groups in total. The second-order valence-corrected chi connectivity index (χ2v) is 7.50. The summed E-state index contributed by atoms with van der Waals surface area (Å²) >= 11 is 0. The van der Waals surface area contributed by atoms with E-state index in [1.807, 2.05) is 24.0 Å². The zero-order valence-electron chi connectivity index (χ0n) is 15.5. The summed E-state index contributed by atoms with van der Waals surface area (Å²) in [5, 5.41) is 12.7.